The summed E-state index contributed by atoms with van der Waals surface area (Å²) in [5, 5.41) is 0. The van der Waals surface area contributed by atoms with E-state index in [1.54, 1.807) is 10.6 Å². The van der Waals surface area contributed by atoms with Crippen LogP contribution in [0.1, 0.15) is 32.1 Å². The van der Waals surface area contributed by atoms with Crippen molar-refractivity contribution in [2.75, 3.05) is 0 Å². The maximum absolute atomic E-state index is 13.4. The maximum Gasteiger partial charge on any atom is 0.251 e. The first-order valence-electron chi connectivity index (χ1n) is 7.54. The maximum atomic E-state index is 13.4. The van der Waals surface area contributed by atoms with Gasteiger partial charge in [0.1, 0.15) is 5.82 Å². The van der Waals surface area contributed by atoms with Crippen molar-refractivity contribution >= 4 is 11.0 Å². The number of nitrogens with zero attached hydrogens (tertiary/aromatic N) is 2. The largest absolute Gasteiger partial charge is 0.328 e. The molecule has 0 amide bonds. The van der Waals surface area contributed by atoms with Gasteiger partial charge in [-0.1, -0.05) is 0 Å². The zero-order chi connectivity index (χ0) is 14.8. The van der Waals surface area contributed by atoms with Crippen molar-refractivity contribution in [1.29, 1.82) is 0 Å². The summed E-state index contributed by atoms with van der Waals surface area (Å²) in [6.45, 7) is 0.612. The molecule has 0 atom stereocenters. The molecule has 1 aliphatic carbocycles. The molecule has 2 aromatic heterocycles. The fraction of sp³-hybridized carbons (Fsp3) is 0.500. The van der Waals surface area contributed by atoms with E-state index in [0.29, 0.717) is 29.5 Å². The van der Waals surface area contributed by atoms with Crippen LogP contribution in [-0.4, -0.2) is 15.6 Å². The second-order valence-electron chi connectivity index (χ2n) is 5.95. The Labute approximate surface area is 122 Å². The Morgan fingerprint density at radius 1 is 1.29 bits per heavy atom. The van der Waals surface area contributed by atoms with Gasteiger partial charge in [0.05, 0.1) is 17.2 Å². The number of fused-ring (bicyclic) bond motifs is 1. The number of aromatic nitrogens is 2. The smallest absolute Gasteiger partial charge is 0.251 e. The second kappa shape index (κ2) is 5.93. The van der Waals surface area contributed by atoms with E-state index in [1.165, 1.54) is 18.3 Å². The summed E-state index contributed by atoms with van der Waals surface area (Å²) < 4.78 is 15.0. The SMILES string of the molecule is NC1CCC(CCn2c(=O)ccc3ncc(F)cc32)CC1. The number of nitrogens with two attached hydrogens (primary N) is 1. The summed E-state index contributed by atoms with van der Waals surface area (Å²) in [4.78, 5) is 16.1. The number of hydrogen-bond donors (Lipinski definition) is 1. The van der Waals surface area contributed by atoms with Gasteiger partial charge < -0.3 is 10.3 Å². The molecule has 0 aromatic carbocycles. The summed E-state index contributed by atoms with van der Waals surface area (Å²) in [5.41, 5.74) is 7.05. The van der Waals surface area contributed by atoms with Crippen LogP contribution >= 0.6 is 0 Å². The molecule has 1 saturated carbocycles. The molecule has 2 N–H and O–H groups in total. The Kier molecular flexibility index (Phi) is 4.01. The first-order valence-corrected chi connectivity index (χ1v) is 7.54. The van der Waals surface area contributed by atoms with E-state index in [2.05, 4.69) is 4.98 Å². The van der Waals surface area contributed by atoms with Crippen LogP contribution in [0.4, 0.5) is 4.39 Å². The Morgan fingerprint density at radius 3 is 2.81 bits per heavy atom. The van der Waals surface area contributed by atoms with Crippen molar-refractivity contribution in [2.45, 2.75) is 44.7 Å². The van der Waals surface area contributed by atoms with Crippen molar-refractivity contribution < 1.29 is 4.39 Å². The lowest BCUT2D eigenvalue weighted by Gasteiger charge is -2.26. The minimum absolute atomic E-state index is 0.0950. The molecule has 3 rings (SSSR count). The third-order valence-corrected chi connectivity index (χ3v) is 4.46. The lowest BCUT2D eigenvalue weighted by atomic mass is 9.84. The predicted octanol–water partition coefficient (Wildman–Crippen LogP) is 2.44. The van der Waals surface area contributed by atoms with E-state index in [0.717, 1.165) is 32.1 Å². The molecular weight excluding hydrogens is 269 g/mol. The second-order valence-corrected chi connectivity index (χ2v) is 5.95. The summed E-state index contributed by atoms with van der Waals surface area (Å²) in [6.07, 6.45) is 6.47. The Balaban J connectivity index is 1.81. The van der Waals surface area contributed by atoms with E-state index in [4.69, 9.17) is 5.73 Å². The highest BCUT2D eigenvalue weighted by molar-refractivity contribution is 5.74. The fourth-order valence-corrected chi connectivity index (χ4v) is 3.16. The molecule has 0 aliphatic heterocycles. The number of hydrogen-bond acceptors (Lipinski definition) is 3. The van der Waals surface area contributed by atoms with Gasteiger partial charge in [-0.3, -0.25) is 9.78 Å². The monoisotopic (exact) mass is 289 g/mol. The number of pyridine rings is 2. The lowest BCUT2D eigenvalue weighted by Crippen LogP contribution is -2.28. The quantitative estimate of drug-likeness (QED) is 0.944. The zero-order valence-electron chi connectivity index (χ0n) is 12.0. The molecule has 2 heterocycles. The van der Waals surface area contributed by atoms with Crippen molar-refractivity contribution in [3.05, 3.63) is 40.6 Å². The highest BCUT2D eigenvalue weighted by Gasteiger charge is 2.18. The van der Waals surface area contributed by atoms with Crippen molar-refractivity contribution in [2.24, 2.45) is 11.7 Å². The molecule has 1 aliphatic rings. The van der Waals surface area contributed by atoms with Crippen molar-refractivity contribution in [3.8, 4) is 0 Å². The summed E-state index contributed by atoms with van der Waals surface area (Å²) >= 11 is 0. The summed E-state index contributed by atoms with van der Waals surface area (Å²) in [5.74, 6) is 0.193. The first-order chi connectivity index (χ1) is 10.1. The molecule has 0 bridgehead atoms. The van der Waals surface area contributed by atoms with E-state index in [-0.39, 0.29) is 5.56 Å². The summed E-state index contributed by atoms with van der Waals surface area (Å²) in [7, 11) is 0. The lowest BCUT2D eigenvalue weighted by molar-refractivity contribution is 0.299. The highest BCUT2D eigenvalue weighted by atomic mass is 19.1. The van der Waals surface area contributed by atoms with Crippen LogP contribution in [-0.2, 0) is 6.54 Å². The normalized spacial score (nSPS) is 22.6. The van der Waals surface area contributed by atoms with Gasteiger partial charge in [-0.05, 0) is 44.1 Å². The van der Waals surface area contributed by atoms with E-state index in [9.17, 15) is 9.18 Å². The molecular formula is C16H20FN3O. The van der Waals surface area contributed by atoms with Gasteiger partial charge in [0.15, 0.2) is 0 Å². The number of halogens is 1. The molecule has 0 radical (unpaired) electrons. The van der Waals surface area contributed by atoms with Crippen LogP contribution in [0.2, 0.25) is 0 Å². The average molecular weight is 289 g/mol. The molecule has 21 heavy (non-hydrogen) atoms. The predicted molar refractivity (Wildman–Crippen MR) is 80.5 cm³/mol. The Morgan fingerprint density at radius 2 is 2.05 bits per heavy atom. The standard InChI is InChI=1S/C16H20FN3O/c17-12-9-15-14(19-10-12)5-6-16(21)20(15)8-7-11-1-3-13(18)4-2-11/h5-6,9-11,13H,1-4,7-8,18H2. The minimum atomic E-state index is -0.412. The van der Waals surface area contributed by atoms with E-state index < -0.39 is 5.82 Å². The van der Waals surface area contributed by atoms with Crippen LogP contribution in [0.3, 0.4) is 0 Å². The number of rotatable bonds is 3. The van der Waals surface area contributed by atoms with Gasteiger partial charge in [0.2, 0.25) is 0 Å². The van der Waals surface area contributed by atoms with Crippen LogP contribution < -0.4 is 11.3 Å². The van der Waals surface area contributed by atoms with Crippen LogP contribution in [0, 0.1) is 11.7 Å². The fourth-order valence-electron chi connectivity index (χ4n) is 3.16. The van der Waals surface area contributed by atoms with Gasteiger partial charge in [-0.25, -0.2) is 4.39 Å². The van der Waals surface area contributed by atoms with Gasteiger partial charge in [-0.15, -0.1) is 0 Å². The molecule has 112 valence electrons. The summed E-state index contributed by atoms with van der Waals surface area (Å²) in [6, 6.07) is 4.87. The molecule has 1 fully saturated rings. The van der Waals surface area contributed by atoms with Gasteiger partial charge in [0, 0.05) is 24.7 Å². The molecule has 0 spiro atoms. The van der Waals surface area contributed by atoms with Gasteiger partial charge in [-0.2, -0.15) is 0 Å². The molecule has 5 heteroatoms. The van der Waals surface area contributed by atoms with Gasteiger partial charge in [0.25, 0.3) is 5.56 Å². The minimum Gasteiger partial charge on any atom is -0.328 e. The molecule has 0 saturated heterocycles. The first kappa shape index (κ1) is 14.2. The van der Waals surface area contributed by atoms with Crippen LogP contribution in [0.25, 0.3) is 11.0 Å². The van der Waals surface area contributed by atoms with E-state index >= 15 is 0 Å². The number of aryl methyl sites for hydroxylation is 1. The Bertz CT molecular complexity index is 689. The van der Waals surface area contributed by atoms with Crippen LogP contribution in [0.15, 0.2) is 29.2 Å². The molecule has 2 aromatic rings. The van der Waals surface area contributed by atoms with Crippen LogP contribution in [0.5, 0.6) is 0 Å². The Hall–Kier alpha value is -1.75. The van der Waals surface area contributed by atoms with Crippen molar-refractivity contribution in [1.82, 2.24) is 9.55 Å². The molecule has 4 nitrogen and oxygen atoms in total. The topological polar surface area (TPSA) is 60.9 Å². The average Bonchev–Trinajstić information content (AvgIpc) is 2.48. The van der Waals surface area contributed by atoms with Crippen molar-refractivity contribution in [3.63, 3.8) is 0 Å². The van der Waals surface area contributed by atoms with E-state index in [1.807, 2.05) is 0 Å². The highest BCUT2D eigenvalue weighted by Crippen LogP contribution is 2.26. The molecule has 0 unspecified atom stereocenters. The van der Waals surface area contributed by atoms with Gasteiger partial charge >= 0.3 is 0 Å². The third-order valence-electron chi connectivity index (χ3n) is 4.46. The zero-order valence-corrected chi connectivity index (χ0v) is 12.0. The third kappa shape index (κ3) is 3.13.